The Morgan fingerprint density at radius 1 is 1.35 bits per heavy atom. The van der Waals surface area contributed by atoms with Crippen LogP contribution in [0.15, 0.2) is 27.6 Å². The Morgan fingerprint density at radius 3 is 2.77 bits per heavy atom. The Bertz CT molecular complexity index is 676. The molecule has 5 nitrogen and oxygen atoms in total. The Hall–Kier alpha value is -1.75. The smallest absolute Gasteiger partial charge is 0.347 e. The van der Waals surface area contributed by atoms with Crippen molar-refractivity contribution in [2.45, 2.75) is 82.8 Å². The Balaban J connectivity index is 1.87. The van der Waals surface area contributed by atoms with Gasteiger partial charge in [-0.1, -0.05) is 20.3 Å². The lowest BCUT2D eigenvalue weighted by atomic mass is 9.86. The van der Waals surface area contributed by atoms with Gasteiger partial charge in [-0.2, -0.15) is 0 Å². The normalized spacial score (nSPS) is 26.6. The number of aromatic hydroxyl groups is 1. The topological polar surface area (TPSA) is 68.9 Å². The third kappa shape index (κ3) is 3.83. The van der Waals surface area contributed by atoms with Gasteiger partial charge < -0.3 is 19.0 Å². The molecule has 3 atom stereocenters. The van der Waals surface area contributed by atoms with Crippen LogP contribution in [0.5, 0.6) is 5.75 Å². The van der Waals surface area contributed by atoms with Crippen LogP contribution in [0.25, 0.3) is 0 Å². The van der Waals surface area contributed by atoms with Gasteiger partial charge in [0.25, 0.3) is 0 Å². The van der Waals surface area contributed by atoms with Crippen LogP contribution in [-0.4, -0.2) is 17.8 Å². The molecule has 1 N–H and O–H groups in total. The predicted octanol–water partition coefficient (Wildman–Crippen LogP) is 4.73. The van der Waals surface area contributed by atoms with Crippen molar-refractivity contribution in [3.63, 3.8) is 0 Å². The average molecular weight is 362 g/mol. The van der Waals surface area contributed by atoms with Crippen LogP contribution in [-0.2, 0) is 15.1 Å². The van der Waals surface area contributed by atoms with E-state index in [9.17, 15) is 9.90 Å². The first kappa shape index (κ1) is 19.0. The molecule has 0 saturated carbocycles. The van der Waals surface area contributed by atoms with E-state index in [-0.39, 0.29) is 23.3 Å². The zero-order chi connectivity index (χ0) is 18.6. The third-order valence-electron chi connectivity index (χ3n) is 5.61. The zero-order valence-corrected chi connectivity index (χ0v) is 15.8. The highest BCUT2D eigenvalue weighted by Crippen LogP contribution is 2.42. The second-order valence-electron chi connectivity index (χ2n) is 7.46. The molecule has 0 spiro atoms. The zero-order valence-electron chi connectivity index (χ0n) is 15.8. The summed E-state index contributed by atoms with van der Waals surface area (Å²) in [6.07, 6.45) is 10.8. The van der Waals surface area contributed by atoms with Crippen LogP contribution in [0.2, 0.25) is 0 Å². The lowest BCUT2D eigenvalue weighted by Gasteiger charge is -2.29. The van der Waals surface area contributed by atoms with E-state index in [0.717, 1.165) is 38.7 Å². The second kappa shape index (κ2) is 8.30. The minimum Gasteiger partial charge on any atom is -0.507 e. The van der Waals surface area contributed by atoms with Crippen LogP contribution < -0.4 is 5.63 Å². The first-order valence-corrected chi connectivity index (χ1v) is 9.91. The molecular weight excluding hydrogens is 332 g/mol. The lowest BCUT2D eigenvalue weighted by Crippen LogP contribution is -2.31. The van der Waals surface area contributed by atoms with Gasteiger partial charge in [-0.3, -0.25) is 0 Å². The molecule has 26 heavy (non-hydrogen) atoms. The maximum absolute atomic E-state index is 12.8. The van der Waals surface area contributed by atoms with Crippen molar-refractivity contribution in [3.05, 3.63) is 40.1 Å². The molecule has 1 aromatic rings. The Morgan fingerprint density at radius 2 is 2.19 bits per heavy atom. The number of ether oxygens (including phenoxy) is 2. The predicted molar refractivity (Wildman–Crippen MR) is 99.3 cm³/mol. The highest BCUT2D eigenvalue weighted by Gasteiger charge is 2.40. The second-order valence-corrected chi connectivity index (χ2v) is 7.46. The van der Waals surface area contributed by atoms with E-state index in [2.05, 4.69) is 6.92 Å². The molecule has 0 bridgehead atoms. The quantitative estimate of drug-likeness (QED) is 0.759. The number of hydrogen-bond donors (Lipinski definition) is 1. The van der Waals surface area contributed by atoms with Gasteiger partial charge in [-0.15, -0.1) is 0 Å². The van der Waals surface area contributed by atoms with E-state index in [0.29, 0.717) is 18.6 Å². The van der Waals surface area contributed by atoms with Gasteiger partial charge in [0.05, 0.1) is 12.4 Å². The van der Waals surface area contributed by atoms with Gasteiger partial charge in [0.2, 0.25) is 0 Å². The molecule has 3 rings (SSSR count). The highest BCUT2D eigenvalue weighted by molar-refractivity contribution is 5.37. The maximum atomic E-state index is 12.8. The van der Waals surface area contributed by atoms with E-state index in [1.54, 1.807) is 12.3 Å². The molecule has 5 heteroatoms. The molecule has 0 aliphatic carbocycles. The first-order valence-electron chi connectivity index (χ1n) is 9.91. The molecule has 3 unspecified atom stereocenters. The number of rotatable bonds is 7. The van der Waals surface area contributed by atoms with Crippen LogP contribution in [0.3, 0.4) is 0 Å². The summed E-state index contributed by atoms with van der Waals surface area (Å²) >= 11 is 0. The van der Waals surface area contributed by atoms with Gasteiger partial charge in [0, 0.05) is 25.0 Å². The molecule has 1 saturated heterocycles. The molecule has 1 aromatic heterocycles. The summed E-state index contributed by atoms with van der Waals surface area (Å²) in [6.45, 7) is 4.91. The van der Waals surface area contributed by atoms with E-state index in [1.807, 2.05) is 13.0 Å². The van der Waals surface area contributed by atoms with Crippen molar-refractivity contribution in [2.75, 3.05) is 6.61 Å². The summed E-state index contributed by atoms with van der Waals surface area (Å²) in [6, 6.07) is 1.62. The average Bonchev–Trinajstić information content (AvgIpc) is 3.09. The third-order valence-corrected chi connectivity index (χ3v) is 5.61. The highest BCUT2D eigenvalue weighted by atomic mass is 16.5. The molecule has 3 heterocycles. The Labute approximate surface area is 155 Å². The fourth-order valence-corrected chi connectivity index (χ4v) is 4.23. The van der Waals surface area contributed by atoms with Crippen molar-refractivity contribution in [3.8, 4) is 5.75 Å². The SMILES string of the molecule is CCCC1(c2c(O)cc(C(CC)CC3CCCCO3)oc2=O)CC=CO1. The fraction of sp³-hybridized carbons (Fsp3) is 0.667. The van der Waals surface area contributed by atoms with Crippen molar-refractivity contribution in [1.82, 2.24) is 0 Å². The molecule has 0 radical (unpaired) electrons. The van der Waals surface area contributed by atoms with E-state index >= 15 is 0 Å². The van der Waals surface area contributed by atoms with Gasteiger partial charge in [-0.05, 0) is 44.6 Å². The van der Waals surface area contributed by atoms with Crippen LogP contribution in [0.1, 0.15) is 82.5 Å². The van der Waals surface area contributed by atoms with Gasteiger partial charge in [0.1, 0.15) is 22.7 Å². The lowest BCUT2D eigenvalue weighted by molar-refractivity contribution is 0.00501. The van der Waals surface area contributed by atoms with E-state index in [1.165, 1.54) is 6.42 Å². The minimum absolute atomic E-state index is 0.0172. The summed E-state index contributed by atoms with van der Waals surface area (Å²) in [7, 11) is 0. The molecule has 2 aliphatic rings. The first-order chi connectivity index (χ1) is 12.6. The maximum Gasteiger partial charge on any atom is 0.347 e. The molecule has 144 valence electrons. The molecule has 0 aromatic carbocycles. The monoisotopic (exact) mass is 362 g/mol. The van der Waals surface area contributed by atoms with Crippen molar-refractivity contribution >= 4 is 0 Å². The summed E-state index contributed by atoms with van der Waals surface area (Å²) in [5.41, 5.74) is -1.04. The van der Waals surface area contributed by atoms with E-state index in [4.69, 9.17) is 13.9 Å². The summed E-state index contributed by atoms with van der Waals surface area (Å²) in [4.78, 5) is 12.8. The van der Waals surface area contributed by atoms with Gasteiger partial charge >= 0.3 is 5.63 Å². The summed E-state index contributed by atoms with van der Waals surface area (Å²) in [5, 5.41) is 10.7. The van der Waals surface area contributed by atoms with Crippen LogP contribution >= 0.6 is 0 Å². The van der Waals surface area contributed by atoms with Gasteiger partial charge in [0.15, 0.2) is 0 Å². The van der Waals surface area contributed by atoms with Crippen LogP contribution in [0.4, 0.5) is 0 Å². The number of hydrogen-bond acceptors (Lipinski definition) is 5. The Kier molecular flexibility index (Phi) is 6.07. The molecule has 1 fully saturated rings. The molecule has 0 amide bonds. The molecular formula is C21H30O5. The van der Waals surface area contributed by atoms with Gasteiger partial charge in [-0.25, -0.2) is 4.79 Å². The van der Waals surface area contributed by atoms with Crippen LogP contribution in [0, 0.1) is 0 Å². The minimum atomic E-state index is -0.799. The fourth-order valence-electron chi connectivity index (χ4n) is 4.23. The van der Waals surface area contributed by atoms with E-state index < -0.39 is 11.2 Å². The standard InChI is InChI=1S/C21H30O5/c1-3-9-21(10-7-12-25-21)19-17(22)14-18(26-20(19)23)15(4-2)13-16-8-5-6-11-24-16/h7,12,14-16,22H,3-6,8-11,13H2,1-2H3. The molecule has 2 aliphatic heterocycles. The van der Waals surface area contributed by atoms with Crippen molar-refractivity contribution in [2.24, 2.45) is 0 Å². The van der Waals surface area contributed by atoms with Crippen molar-refractivity contribution < 1.29 is 19.0 Å². The summed E-state index contributed by atoms with van der Waals surface area (Å²) < 4.78 is 17.3. The van der Waals surface area contributed by atoms with Crippen molar-refractivity contribution in [1.29, 1.82) is 0 Å². The summed E-state index contributed by atoms with van der Waals surface area (Å²) in [5.74, 6) is 0.595. The largest absolute Gasteiger partial charge is 0.507 e.